The Morgan fingerprint density at radius 2 is 2.35 bits per heavy atom. The highest BCUT2D eigenvalue weighted by atomic mass is 32.1. The van der Waals surface area contributed by atoms with E-state index >= 15 is 0 Å². The Balaban J connectivity index is 2.04. The quantitative estimate of drug-likeness (QED) is 0.833. The molecule has 0 saturated carbocycles. The summed E-state index contributed by atoms with van der Waals surface area (Å²) in [4.78, 5) is 12.7. The molecule has 2 aromatic rings. The molecular weight excluding hydrogens is 280 g/mol. The normalized spacial score (nSPS) is 21.6. The van der Waals surface area contributed by atoms with Crippen LogP contribution in [-0.2, 0) is 16.0 Å². The predicted octanol–water partition coefficient (Wildman–Crippen LogP) is 0.814. The van der Waals surface area contributed by atoms with Gasteiger partial charge in [0.05, 0.1) is 6.61 Å². The van der Waals surface area contributed by atoms with E-state index in [0.717, 1.165) is 0 Å². The van der Waals surface area contributed by atoms with Crippen molar-refractivity contribution in [2.24, 2.45) is 0 Å². The van der Waals surface area contributed by atoms with Crippen molar-refractivity contribution in [3.63, 3.8) is 0 Å². The van der Waals surface area contributed by atoms with Crippen molar-refractivity contribution >= 4 is 16.3 Å². The highest BCUT2D eigenvalue weighted by Gasteiger charge is 2.35. The molecule has 1 aliphatic rings. The molecule has 1 N–H and O–H groups in total. The lowest BCUT2D eigenvalue weighted by Gasteiger charge is -2.16. The summed E-state index contributed by atoms with van der Waals surface area (Å²) in [5.74, 6) is -0.610. The summed E-state index contributed by atoms with van der Waals surface area (Å²) < 4.78 is 14.5. The number of aromatic hydroxyl groups is 1. The fourth-order valence-corrected chi connectivity index (χ4v) is 3.26. The van der Waals surface area contributed by atoms with E-state index in [9.17, 15) is 9.90 Å². The first-order valence-electron chi connectivity index (χ1n) is 6.42. The largest absolute Gasteiger partial charge is 0.477 e. The van der Waals surface area contributed by atoms with E-state index in [2.05, 4.69) is 0 Å². The van der Waals surface area contributed by atoms with Crippen LogP contribution in [0.1, 0.15) is 19.4 Å². The summed E-state index contributed by atoms with van der Waals surface area (Å²) in [5, 5.41) is 12.1. The van der Waals surface area contributed by atoms with Crippen molar-refractivity contribution < 1.29 is 19.1 Å². The van der Waals surface area contributed by atoms with Crippen LogP contribution in [0.5, 0.6) is 5.88 Å². The molecule has 1 atom stereocenters. The number of hydrogen-bond donors (Lipinski definition) is 1. The first-order chi connectivity index (χ1) is 9.39. The Morgan fingerprint density at radius 1 is 1.60 bits per heavy atom. The van der Waals surface area contributed by atoms with E-state index in [1.165, 1.54) is 11.3 Å². The SMILES string of the molecule is Cc1c(O)[n+](CC2COC(C)(C)O2)c2sccn2c1=O. The Morgan fingerprint density at radius 3 is 3.00 bits per heavy atom. The molecule has 0 aliphatic carbocycles. The fraction of sp³-hybridized carbons (Fsp3) is 0.538. The minimum Gasteiger partial charge on any atom is -0.477 e. The van der Waals surface area contributed by atoms with E-state index in [0.29, 0.717) is 23.7 Å². The van der Waals surface area contributed by atoms with Gasteiger partial charge in [0.25, 0.3) is 5.88 Å². The van der Waals surface area contributed by atoms with Crippen LogP contribution in [0.3, 0.4) is 0 Å². The van der Waals surface area contributed by atoms with Gasteiger partial charge in [-0.15, -0.1) is 0 Å². The highest BCUT2D eigenvalue weighted by Crippen LogP contribution is 2.23. The van der Waals surface area contributed by atoms with Crippen LogP contribution in [0.2, 0.25) is 0 Å². The van der Waals surface area contributed by atoms with Gasteiger partial charge >= 0.3 is 10.5 Å². The molecule has 1 aliphatic heterocycles. The van der Waals surface area contributed by atoms with Crippen LogP contribution in [0.4, 0.5) is 0 Å². The Bertz CT molecular complexity index is 719. The molecule has 0 amide bonds. The Labute approximate surface area is 119 Å². The number of ether oxygens (including phenoxy) is 2. The molecule has 0 spiro atoms. The lowest BCUT2D eigenvalue weighted by atomic mass is 10.3. The van der Waals surface area contributed by atoms with Gasteiger partial charge < -0.3 is 14.6 Å². The smallest absolute Gasteiger partial charge is 0.351 e. The monoisotopic (exact) mass is 297 g/mol. The molecule has 7 heteroatoms. The zero-order valence-corrected chi connectivity index (χ0v) is 12.4. The average Bonchev–Trinajstić information content (AvgIpc) is 2.98. The van der Waals surface area contributed by atoms with E-state index < -0.39 is 5.79 Å². The van der Waals surface area contributed by atoms with E-state index in [1.807, 2.05) is 19.2 Å². The van der Waals surface area contributed by atoms with Crippen molar-refractivity contribution in [2.45, 2.75) is 39.2 Å². The van der Waals surface area contributed by atoms with E-state index in [-0.39, 0.29) is 17.5 Å². The summed E-state index contributed by atoms with van der Waals surface area (Å²) in [6.07, 6.45) is 1.56. The summed E-state index contributed by atoms with van der Waals surface area (Å²) in [6, 6.07) is 0. The number of rotatable bonds is 2. The van der Waals surface area contributed by atoms with Crippen molar-refractivity contribution in [2.75, 3.05) is 6.61 Å². The van der Waals surface area contributed by atoms with Crippen LogP contribution in [0.25, 0.3) is 4.96 Å². The van der Waals surface area contributed by atoms with Crippen molar-refractivity contribution in [1.29, 1.82) is 0 Å². The number of thiazole rings is 1. The fourth-order valence-electron chi connectivity index (χ4n) is 2.41. The van der Waals surface area contributed by atoms with Gasteiger partial charge in [0.15, 0.2) is 5.79 Å². The zero-order valence-electron chi connectivity index (χ0n) is 11.6. The maximum Gasteiger partial charge on any atom is 0.351 e. The summed E-state index contributed by atoms with van der Waals surface area (Å²) >= 11 is 1.40. The molecule has 1 unspecified atom stereocenters. The third-order valence-corrected chi connectivity index (χ3v) is 4.29. The topological polar surface area (TPSA) is 64.1 Å². The van der Waals surface area contributed by atoms with Crippen molar-refractivity contribution in [3.8, 4) is 5.88 Å². The molecule has 0 aromatic carbocycles. The second-order valence-corrected chi connectivity index (χ2v) is 6.24. The van der Waals surface area contributed by atoms with Gasteiger partial charge in [-0.2, -0.15) is 8.97 Å². The maximum absolute atomic E-state index is 12.0. The second kappa shape index (κ2) is 4.54. The van der Waals surface area contributed by atoms with Crippen LogP contribution in [0, 0.1) is 6.92 Å². The minimum absolute atomic E-state index is 0.00856. The van der Waals surface area contributed by atoms with Gasteiger partial charge in [0, 0.05) is 5.38 Å². The Kier molecular flexibility index (Phi) is 3.07. The third kappa shape index (κ3) is 2.11. The van der Waals surface area contributed by atoms with Gasteiger partial charge in [-0.25, -0.2) is 4.79 Å². The molecule has 3 heterocycles. The Hall–Kier alpha value is -1.44. The third-order valence-electron chi connectivity index (χ3n) is 3.40. The first kappa shape index (κ1) is 13.5. The molecule has 3 rings (SSSR count). The molecule has 0 radical (unpaired) electrons. The van der Waals surface area contributed by atoms with Gasteiger partial charge in [-0.05, 0) is 20.8 Å². The lowest BCUT2D eigenvalue weighted by Crippen LogP contribution is -2.45. The number of fused-ring (bicyclic) bond motifs is 1. The van der Waals surface area contributed by atoms with Crippen molar-refractivity contribution in [1.82, 2.24) is 4.40 Å². The standard InChI is InChI=1S/C13H16N2O4S/c1-8-10(16)14-4-5-20-12(14)15(11(8)17)6-9-7-18-13(2,3)19-9/h4-5,9H,6-7H2,1-3H3/p+1. The molecule has 6 nitrogen and oxygen atoms in total. The van der Waals surface area contributed by atoms with Crippen LogP contribution in [0.15, 0.2) is 16.4 Å². The minimum atomic E-state index is -0.601. The number of hydrogen-bond acceptors (Lipinski definition) is 5. The van der Waals surface area contributed by atoms with Crippen LogP contribution >= 0.6 is 11.3 Å². The highest BCUT2D eigenvalue weighted by molar-refractivity contribution is 7.14. The molecule has 0 bridgehead atoms. The van der Waals surface area contributed by atoms with Gasteiger partial charge in [0.2, 0.25) is 0 Å². The summed E-state index contributed by atoms with van der Waals surface area (Å²) in [6.45, 7) is 6.25. The molecule has 2 aromatic heterocycles. The van der Waals surface area contributed by atoms with E-state index in [4.69, 9.17) is 9.47 Å². The maximum atomic E-state index is 12.0. The summed E-state index contributed by atoms with van der Waals surface area (Å²) in [5.41, 5.74) is 0.137. The molecule has 1 saturated heterocycles. The summed E-state index contributed by atoms with van der Waals surface area (Å²) in [7, 11) is 0. The molecule has 108 valence electrons. The van der Waals surface area contributed by atoms with Gasteiger partial charge in [-0.1, -0.05) is 11.3 Å². The van der Waals surface area contributed by atoms with Crippen LogP contribution in [-0.4, -0.2) is 28.0 Å². The van der Waals surface area contributed by atoms with E-state index in [1.54, 1.807) is 22.1 Å². The predicted molar refractivity (Wildman–Crippen MR) is 73.0 cm³/mol. The molecule has 20 heavy (non-hydrogen) atoms. The average molecular weight is 297 g/mol. The van der Waals surface area contributed by atoms with Crippen LogP contribution < -0.4 is 10.1 Å². The number of nitrogens with zero attached hydrogens (tertiary/aromatic N) is 2. The van der Waals surface area contributed by atoms with Gasteiger partial charge in [0.1, 0.15) is 24.4 Å². The molecule has 1 fully saturated rings. The molecular formula is C13H17N2O4S+. The van der Waals surface area contributed by atoms with Gasteiger partial charge in [-0.3, -0.25) is 0 Å². The zero-order chi connectivity index (χ0) is 14.5. The number of aromatic nitrogens is 2. The second-order valence-electron chi connectivity index (χ2n) is 5.37. The van der Waals surface area contributed by atoms with Crippen molar-refractivity contribution in [3.05, 3.63) is 27.5 Å². The first-order valence-corrected chi connectivity index (χ1v) is 7.30. The lowest BCUT2D eigenvalue weighted by molar-refractivity contribution is -0.686.